The molecular weight excluding hydrogens is 364 g/mol. The first-order valence-corrected chi connectivity index (χ1v) is 9.20. The van der Waals surface area contributed by atoms with Crippen LogP contribution < -0.4 is 0 Å². The van der Waals surface area contributed by atoms with Crippen LogP contribution in [-0.4, -0.2) is 42.8 Å². The molecule has 0 heterocycles. The maximum absolute atomic E-state index is 10.8. The van der Waals surface area contributed by atoms with E-state index in [0.717, 1.165) is 19.1 Å². The highest BCUT2D eigenvalue weighted by atomic mass is 16.5. The summed E-state index contributed by atoms with van der Waals surface area (Å²) in [6.07, 6.45) is 6.95. The van der Waals surface area contributed by atoms with Crippen LogP contribution in [0.5, 0.6) is 0 Å². The fraction of sp³-hybridized carbons (Fsp3) is 0.571. The third-order valence-electron chi connectivity index (χ3n) is 3.09. The van der Waals surface area contributed by atoms with E-state index in [1.807, 2.05) is 0 Å². The first-order chi connectivity index (χ1) is 13.2. The lowest BCUT2D eigenvalue weighted by atomic mass is 10.0. The Morgan fingerprint density at radius 3 is 2.04 bits per heavy atom. The Bertz CT molecular complexity index is 469. The summed E-state index contributed by atoms with van der Waals surface area (Å²) in [5.74, 6) is -0.576. The number of unbranched alkanes of at least 4 members (excludes halogenated alkanes) is 1. The fourth-order valence-corrected chi connectivity index (χ4v) is 1.54. The molecule has 0 saturated carbocycles. The molecule has 0 aromatic heterocycles. The van der Waals surface area contributed by atoms with Crippen LogP contribution in [-0.2, 0) is 28.6 Å². The van der Waals surface area contributed by atoms with Crippen molar-refractivity contribution in [2.45, 2.75) is 53.4 Å². The summed E-state index contributed by atoms with van der Waals surface area (Å²) in [5, 5.41) is 8.19. The lowest BCUT2D eigenvalue weighted by Gasteiger charge is -2.13. The number of hydrogen-bond donors (Lipinski definition) is 1. The Morgan fingerprint density at radius 1 is 1.11 bits per heavy atom. The van der Waals surface area contributed by atoms with E-state index >= 15 is 0 Å². The number of ether oxygens (including phenoxy) is 3. The van der Waals surface area contributed by atoms with E-state index in [-0.39, 0.29) is 25.2 Å². The van der Waals surface area contributed by atoms with E-state index in [2.05, 4.69) is 43.1 Å². The standard InChI is InChI=1S/C11H20O2.C6H10O3.C4H6O2/c1-4-7-8-10(5-2)9-13-11(12)6-3;1-5(2)6(8)9-4-3-7;1-3-6-4(2)5/h6,10H,3-5,7-9H2,1-2H3;7H,1,3-4H2,2H3;3H,1H2,2H3. The number of carbonyl (C=O) groups is 3. The SMILES string of the molecule is C=C(C)C(=O)OCCO.C=CC(=O)OCC(CC)CCCC.C=COC(C)=O. The van der Waals surface area contributed by atoms with Crippen LogP contribution in [0.25, 0.3) is 0 Å². The molecule has 0 spiro atoms. The van der Waals surface area contributed by atoms with Gasteiger partial charge in [-0.15, -0.1) is 0 Å². The first-order valence-electron chi connectivity index (χ1n) is 9.20. The highest BCUT2D eigenvalue weighted by Crippen LogP contribution is 2.12. The quantitative estimate of drug-likeness (QED) is 0.244. The van der Waals surface area contributed by atoms with Crippen molar-refractivity contribution in [1.82, 2.24) is 0 Å². The molecule has 7 heteroatoms. The van der Waals surface area contributed by atoms with Crippen LogP contribution in [0, 0.1) is 5.92 Å². The van der Waals surface area contributed by atoms with Crippen molar-refractivity contribution in [2.75, 3.05) is 19.8 Å². The van der Waals surface area contributed by atoms with Crippen LogP contribution in [0.3, 0.4) is 0 Å². The fourth-order valence-electron chi connectivity index (χ4n) is 1.54. The first kappa shape index (κ1) is 30.3. The van der Waals surface area contributed by atoms with E-state index in [1.54, 1.807) is 6.92 Å². The molecule has 28 heavy (non-hydrogen) atoms. The molecule has 0 fully saturated rings. The Balaban J connectivity index is -0.000000362. The zero-order valence-corrected chi connectivity index (χ0v) is 17.7. The molecule has 1 atom stereocenters. The van der Waals surface area contributed by atoms with Crippen LogP contribution >= 0.6 is 0 Å². The number of aliphatic hydroxyl groups is 1. The molecule has 0 rings (SSSR count). The van der Waals surface area contributed by atoms with Gasteiger partial charge in [0.2, 0.25) is 0 Å². The van der Waals surface area contributed by atoms with E-state index in [4.69, 9.17) is 9.84 Å². The summed E-state index contributed by atoms with van der Waals surface area (Å²) in [6, 6.07) is 0. The number of esters is 3. The Hall–Kier alpha value is -2.41. The monoisotopic (exact) mass is 400 g/mol. The summed E-state index contributed by atoms with van der Waals surface area (Å²) in [7, 11) is 0. The molecular formula is C21H36O7. The second-order valence-corrected chi connectivity index (χ2v) is 5.67. The second kappa shape index (κ2) is 22.6. The summed E-state index contributed by atoms with van der Waals surface area (Å²) in [6.45, 7) is 17.5. The molecule has 162 valence electrons. The molecule has 0 saturated heterocycles. The van der Waals surface area contributed by atoms with Crippen molar-refractivity contribution >= 4 is 17.9 Å². The van der Waals surface area contributed by atoms with E-state index in [1.165, 1.54) is 25.8 Å². The van der Waals surface area contributed by atoms with Gasteiger partial charge in [0, 0.05) is 18.6 Å². The molecule has 0 amide bonds. The van der Waals surface area contributed by atoms with Gasteiger partial charge in [-0.2, -0.15) is 0 Å². The van der Waals surface area contributed by atoms with Gasteiger partial charge in [-0.3, -0.25) is 4.79 Å². The topological polar surface area (TPSA) is 99.1 Å². The molecule has 0 radical (unpaired) electrons. The van der Waals surface area contributed by atoms with Crippen molar-refractivity contribution in [3.05, 3.63) is 37.6 Å². The van der Waals surface area contributed by atoms with E-state index < -0.39 is 5.97 Å². The van der Waals surface area contributed by atoms with Crippen molar-refractivity contribution in [1.29, 1.82) is 0 Å². The molecule has 0 aromatic rings. The third kappa shape index (κ3) is 25.8. The summed E-state index contributed by atoms with van der Waals surface area (Å²) in [4.78, 5) is 31.0. The lowest BCUT2D eigenvalue weighted by Crippen LogP contribution is -2.12. The van der Waals surface area contributed by atoms with Crippen molar-refractivity contribution in [3.8, 4) is 0 Å². The van der Waals surface area contributed by atoms with Gasteiger partial charge in [0.1, 0.15) is 6.61 Å². The highest BCUT2D eigenvalue weighted by Gasteiger charge is 2.07. The number of hydrogen-bond acceptors (Lipinski definition) is 7. The van der Waals surface area contributed by atoms with E-state index in [0.29, 0.717) is 18.1 Å². The molecule has 0 aliphatic rings. The normalized spacial score (nSPS) is 9.89. The van der Waals surface area contributed by atoms with Gasteiger partial charge in [0.15, 0.2) is 0 Å². The van der Waals surface area contributed by atoms with Gasteiger partial charge in [-0.05, 0) is 19.3 Å². The smallest absolute Gasteiger partial charge is 0.333 e. The average molecular weight is 401 g/mol. The van der Waals surface area contributed by atoms with Crippen LogP contribution in [0.15, 0.2) is 37.6 Å². The average Bonchev–Trinajstić information content (AvgIpc) is 2.66. The van der Waals surface area contributed by atoms with Crippen LogP contribution in [0.4, 0.5) is 0 Å². The van der Waals surface area contributed by atoms with Gasteiger partial charge in [-0.1, -0.05) is 52.8 Å². The minimum absolute atomic E-state index is 0.0473. The Labute approximate surface area is 169 Å². The molecule has 0 aliphatic heterocycles. The highest BCUT2D eigenvalue weighted by molar-refractivity contribution is 5.86. The molecule has 1 unspecified atom stereocenters. The summed E-state index contributed by atoms with van der Waals surface area (Å²) >= 11 is 0. The molecule has 0 aliphatic carbocycles. The third-order valence-corrected chi connectivity index (χ3v) is 3.09. The van der Waals surface area contributed by atoms with Crippen LogP contribution in [0.1, 0.15) is 53.4 Å². The minimum atomic E-state index is -0.455. The maximum atomic E-state index is 10.8. The molecule has 0 bridgehead atoms. The maximum Gasteiger partial charge on any atom is 0.333 e. The summed E-state index contributed by atoms with van der Waals surface area (Å²) in [5.41, 5.74) is 0.350. The predicted octanol–water partition coefficient (Wildman–Crippen LogP) is 3.72. The summed E-state index contributed by atoms with van der Waals surface area (Å²) < 4.78 is 13.6. The minimum Gasteiger partial charge on any atom is -0.462 e. The number of rotatable bonds is 11. The van der Waals surface area contributed by atoms with Gasteiger partial charge in [0.05, 0.1) is 19.5 Å². The van der Waals surface area contributed by atoms with E-state index in [9.17, 15) is 14.4 Å². The van der Waals surface area contributed by atoms with Gasteiger partial charge < -0.3 is 19.3 Å². The lowest BCUT2D eigenvalue weighted by molar-refractivity contribution is -0.140. The second-order valence-electron chi connectivity index (χ2n) is 5.67. The molecule has 0 aromatic carbocycles. The van der Waals surface area contributed by atoms with Gasteiger partial charge >= 0.3 is 17.9 Å². The Kier molecular flexibility index (Phi) is 24.5. The Morgan fingerprint density at radius 2 is 1.71 bits per heavy atom. The van der Waals surface area contributed by atoms with Crippen LogP contribution in [0.2, 0.25) is 0 Å². The largest absolute Gasteiger partial charge is 0.462 e. The molecule has 7 nitrogen and oxygen atoms in total. The number of carbonyl (C=O) groups excluding carboxylic acids is 3. The number of aliphatic hydroxyl groups excluding tert-OH is 1. The molecule has 1 N–H and O–H groups in total. The van der Waals surface area contributed by atoms with Gasteiger partial charge in [-0.25, -0.2) is 9.59 Å². The predicted molar refractivity (Wildman–Crippen MR) is 109 cm³/mol. The van der Waals surface area contributed by atoms with Crippen molar-refractivity contribution in [2.24, 2.45) is 5.92 Å². The van der Waals surface area contributed by atoms with Gasteiger partial charge in [0.25, 0.3) is 0 Å². The zero-order valence-electron chi connectivity index (χ0n) is 17.7. The zero-order chi connectivity index (χ0) is 22.4. The van der Waals surface area contributed by atoms with Crippen molar-refractivity contribution < 1.29 is 33.7 Å². The van der Waals surface area contributed by atoms with Crippen molar-refractivity contribution in [3.63, 3.8) is 0 Å².